The van der Waals surface area contributed by atoms with Crippen LogP contribution in [-0.4, -0.2) is 21.1 Å². The summed E-state index contributed by atoms with van der Waals surface area (Å²) in [7, 11) is 0. The van der Waals surface area contributed by atoms with Gasteiger partial charge in [-0.15, -0.1) is 0 Å². The van der Waals surface area contributed by atoms with E-state index in [2.05, 4.69) is 36.4 Å². The Morgan fingerprint density at radius 2 is 2.11 bits per heavy atom. The van der Waals surface area contributed by atoms with Gasteiger partial charge in [0, 0.05) is 5.39 Å². The molecule has 0 aliphatic carbocycles. The molecule has 19 heavy (non-hydrogen) atoms. The van der Waals surface area contributed by atoms with E-state index in [1.54, 1.807) is 6.20 Å². The molecular weight excluding hydrogens is 308 g/mol. The summed E-state index contributed by atoms with van der Waals surface area (Å²) in [6.07, 6.45) is 3.16. The molecular formula is C13H9BrN4O. The lowest BCUT2D eigenvalue weighted by Crippen LogP contribution is -2.13. The lowest BCUT2D eigenvalue weighted by atomic mass is 10.2. The molecule has 1 amide bonds. The molecule has 2 heterocycles. The summed E-state index contributed by atoms with van der Waals surface area (Å²) in [6.45, 7) is 0. The number of aromatic amines is 1. The smallest absolute Gasteiger partial charge is 0.274 e. The summed E-state index contributed by atoms with van der Waals surface area (Å²) < 4.78 is 0.624. The number of anilines is 1. The molecule has 94 valence electrons. The third kappa shape index (κ3) is 2.34. The number of rotatable bonds is 2. The summed E-state index contributed by atoms with van der Waals surface area (Å²) >= 11 is 3.25. The standard InChI is InChI=1S/C13H9BrN4O/c14-10-7-16-18-12(10)13(19)17-9-5-8-3-1-2-4-11(8)15-6-9/h1-7H,(H,16,18)(H,17,19). The predicted molar refractivity (Wildman–Crippen MR) is 76.0 cm³/mol. The largest absolute Gasteiger partial charge is 0.319 e. The molecule has 6 heteroatoms. The minimum absolute atomic E-state index is 0.263. The number of carbonyl (C=O) groups is 1. The lowest BCUT2D eigenvalue weighted by Gasteiger charge is -2.05. The molecule has 0 radical (unpaired) electrons. The van der Waals surface area contributed by atoms with E-state index in [1.165, 1.54) is 6.20 Å². The topological polar surface area (TPSA) is 70.7 Å². The van der Waals surface area contributed by atoms with Gasteiger partial charge in [0.1, 0.15) is 5.69 Å². The van der Waals surface area contributed by atoms with Crippen LogP contribution >= 0.6 is 15.9 Å². The maximum Gasteiger partial charge on any atom is 0.274 e. The summed E-state index contributed by atoms with van der Waals surface area (Å²) in [6, 6.07) is 9.61. The maximum atomic E-state index is 12.0. The van der Waals surface area contributed by atoms with E-state index in [9.17, 15) is 4.79 Å². The number of amides is 1. The fraction of sp³-hybridized carbons (Fsp3) is 0. The molecule has 0 fully saturated rings. The van der Waals surface area contributed by atoms with Crippen LogP contribution in [-0.2, 0) is 0 Å². The molecule has 0 atom stereocenters. The molecule has 2 aromatic heterocycles. The number of H-pyrrole nitrogens is 1. The summed E-state index contributed by atoms with van der Waals surface area (Å²) in [5, 5.41) is 10.2. The molecule has 0 saturated heterocycles. The molecule has 0 bridgehead atoms. The van der Waals surface area contributed by atoms with Gasteiger partial charge < -0.3 is 5.32 Å². The van der Waals surface area contributed by atoms with E-state index >= 15 is 0 Å². The highest BCUT2D eigenvalue weighted by atomic mass is 79.9. The number of benzene rings is 1. The van der Waals surface area contributed by atoms with Crippen LogP contribution in [0, 0.1) is 0 Å². The lowest BCUT2D eigenvalue weighted by molar-refractivity contribution is 0.102. The van der Waals surface area contributed by atoms with Gasteiger partial charge in [-0.25, -0.2) is 0 Å². The van der Waals surface area contributed by atoms with Crippen molar-refractivity contribution in [1.29, 1.82) is 0 Å². The number of nitrogens with zero attached hydrogens (tertiary/aromatic N) is 2. The maximum absolute atomic E-state index is 12.0. The van der Waals surface area contributed by atoms with Crippen LogP contribution < -0.4 is 5.32 Å². The first-order chi connectivity index (χ1) is 9.24. The fourth-order valence-corrected chi connectivity index (χ4v) is 2.13. The van der Waals surface area contributed by atoms with Crippen molar-refractivity contribution >= 4 is 38.4 Å². The summed E-state index contributed by atoms with van der Waals surface area (Å²) in [5.41, 5.74) is 1.92. The fourth-order valence-electron chi connectivity index (χ4n) is 1.76. The highest BCUT2D eigenvalue weighted by molar-refractivity contribution is 9.10. The number of carbonyl (C=O) groups excluding carboxylic acids is 1. The average molecular weight is 317 g/mol. The van der Waals surface area contributed by atoms with E-state index in [0.717, 1.165) is 10.9 Å². The van der Waals surface area contributed by atoms with E-state index in [0.29, 0.717) is 15.9 Å². The van der Waals surface area contributed by atoms with Gasteiger partial charge in [-0.3, -0.25) is 14.9 Å². The zero-order chi connectivity index (χ0) is 13.2. The van der Waals surface area contributed by atoms with Crippen molar-refractivity contribution in [3.63, 3.8) is 0 Å². The SMILES string of the molecule is O=C(Nc1cnc2ccccc2c1)c1[nH]ncc1Br. The Labute approximate surface area is 117 Å². The second-order valence-electron chi connectivity index (χ2n) is 3.96. The number of fused-ring (bicyclic) bond motifs is 1. The Morgan fingerprint density at radius 3 is 2.89 bits per heavy atom. The van der Waals surface area contributed by atoms with Gasteiger partial charge >= 0.3 is 0 Å². The first kappa shape index (κ1) is 11.9. The Bertz CT molecular complexity index is 753. The van der Waals surface area contributed by atoms with Crippen molar-refractivity contribution in [1.82, 2.24) is 15.2 Å². The van der Waals surface area contributed by atoms with Crippen LogP contribution in [0.4, 0.5) is 5.69 Å². The average Bonchev–Trinajstić information content (AvgIpc) is 2.85. The van der Waals surface area contributed by atoms with Gasteiger partial charge in [0.25, 0.3) is 5.91 Å². The van der Waals surface area contributed by atoms with Gasteiger partial charge in [0.05, 0.1) is 28.1 Å². The number of halogens is 1. The molecule has 0 aliphatic heterocycles. The number of para-hydroxylation sites is 1. The molecule has 0 unspecified atom stereocenters. The second kappa shape index (κ2) is 4.81. The molecule has 1 aromatic carbocycles. The van der Waals surface area contributed by atoms with Gasteiger partial charge in [-0.2, -0.15) is 5.10 Å². The summed E-state index contributed by atoms with van der Waals surface area (Å²) in [4.78, 5) is 16.3. The molecule has 3 aromatic rings. The van der Waals surface area contributed by atoms with Crippen molar-refractivity contribution in [3.05, 3.63) is 52.9 Å². The van der Waals surface area contributed by atoms with Crippen molar-refractivity contribution in [3.8, 4) is 0 Å². The first-order valence-corrected chi connectivity index (χ1v) is 6.38. The molecule has 0 aliphatic rings. The van der Waals surface area contributed by atoms with Crippen molar-refractivity contribution < 1.29 is 4.79 Å². The van der Waals surface area contributed by atoms with Gasteiger partial charge in [-0.1, -0.05) is 18.2 Å². The Balaban J connectivity index is 1.89. The Hall–Kier alpha value is -2.21. The minimum Gasteiger partial charge on any atom is -0.319 e. The quantitative estimate of drug-likeness (QED) is 0.763. The number of hydrogen-bond donors (Lipinski definition) is 2. The normalized spacial score (nSPS) is 10.6. The number of pyridine rings is 1. The third-order valence-corrected chi connectivity index (χ3v) is 3.27. The van der Waals surface area contributed by atoms with Gasteiger partial charge in [0.2, 0.25) is 0 Å². The first-order valence-electron chi connectivity index (χ1n) is 5.59. The molecule has 0 spiro atoms. The zero-order valence-corrected chi connectivity index (χ0v) is 11.3. The number of hydrogen-bond acceptors (Lipinski definition) is 3. The molecule has 0 saturated carbocycles. The van der Waals surface area contributed by atoms with Crippen LogP contribution in [0.25, 0.3) is 10.9 Å². The Morgan fingerprint density at radius 1 is 1.26 bits per heavy atom. The minimum atomic E-state index is -0.263. The number of nitrogens with one attached hydrogen (secondary N) is 2. The van der Waals surface area contributed by atoms with Crippen LogP contribution in [0.5, 0.6) is 0 Å². The van der Waals surface area contributed by atoms with Crippen molar-refractivity contribution in [2.75, 3.05) is 5.32 Å². The second-order valence-corrected chi connectivity index (χ2v) is 4.82. The number of aromatic nitrogens is 3. The van der Waals surface area contributed by atoms with Gasteiger partial charge in [0.15, 0.2) is 0 Å². The highest BCUT2D eigenvalue weighted by Gasteiger charge is 2.12. The van der Waals surface area contributed by atoms with Crippen molar-refractivity contribution in [2.24, 2.45) is 0 Å². The van der Waals surface area contributed by atoms with Crippen LogP contribution in [0.1, 0.15) is 10.5 Å². The third-order valence-electron chi connectivity index (χ3n) is 2.67. The zero-order valence-electron chi connectivity index (χ0n) is 9.72. The van der Waals surface area contributed by atoms with Crippen LogP contribution in [0.2, 0.25) is 0 Å². The van der Waals surface area contributed by atoms with Crippen LogP contribution in [0.3, 0.4) is 0 Å². The van der Waals surface area contributed by atoms with E-state index in [4.69, 9.17) is 0 Å². The monoisotopic (exact) mass is 316 g/mol. The molecule has 3 rings (SSSR count). The van der Waals surface area contributed by atoms with Gasteiger partial charge in [-0.05, 0) is 28.1 Å². The van der Waals surface area contributed by atoms with Crippen molar-refractivity contribution in [2.45, 2.75) is 0 Å². The van der Waals surface area contributed by atoms with E-state index in [-0.39, 0.29) is 5.91 Å². The Kier molecular flexibility index (Phi) is 3.00. The molecule has 2 N–H and O–H groups in total. The molecule has 5 nitrogen and oxygen atoms in total. The van der Waals surface area contributed by atoms with E-state index in [1.807, 2.05) is 30.3 Å². The highest BCUT2D eigenvalue weighted by Crippen LogP contribution is 2.18. The predicted octanol–water partition coefficient (Wildman–Crippen LogP) is 2.97. The van der Waals surface area contributed by atoms with Crippen LogP contribution in [0.15, 0.2) is 47.2 Å². The van der Waals surface area contributed by atoms with E-state index < -0.39 is 0 Å². The summed E-state index contributed by atoms with van der Waals surface area (Å²) in [5.74, 6) is -0.263.